The van der Waals surface area contributed by atoms with Gasteiger partial charge in [0.1, 0.15) is 5.82 Å². The van der Waals surface area contributed by atoms with E-state index in [2.05, 4.69) is 52.2 Å². The van der Waals surface area contributed by atoms with Crippen LogP contribution in [0.5, 0.6) is 0 Å². The van der Waals surface area contributed by atoms with Crippen molar-refractivity contribution in [3.63, 3.8) is 0 Å². The van der Waals surface area contributed by atoms with Crippen LogP contribution >= 0.6 is 0 Å². The van der Waals surface area contributed by atoms with Gasteiger partial charge in [0, 0.05) is 32.4 Å². The summed E-state index contributed by atoms with van der Waals surface area (Å²) in [7, 11) is 2.19. The molecule has 1 saturated heterocycles. The van der Waals surface area contributed by atoms with Crippen molar-refractivity contribution >= 4 is 5.82 Å². The van der Waals surface area contributed by atoms with Gasteiger partial charge < -0.3 is 10.6 Å². The van der Waals surface area contributed by atoms with Crippen LogP contribution in [0.2, 0.25) is 0 Å². The summed E-state index contributed by atoms with van der Waals surface area (Å²) in [6, 6.07) is 14.8. The fourth-order valence-electron chi connectivity index (χ4n) is 3.46. The molecule has 2 aromatic rings. The molecule has 1 fully saturated rings. The summed E-state index contributed by atoms with van der Waals surface area (Å²) in [6.45, 7) is 5.53. The van der Waals surface area contributed by atoms with E-state index in [1.807, 2.05) is 12.1 Å². The first kappa shape index (κ1) is 16.0. The smallest absolute Gasteiger partial charge is 0.123 e. The monoisotopic (exact) mass is 310 g/mol. The Morgan fingerprint density at radius 1 is 1.22 bits per heavy atom. The number of hydrogen-bond donors (Lipinski definition) is 1. The second-order valence-corrected chi connectivity index (χ2v) is 6.66. The van der Waals surface area contributed by atoms with E-state index in [0.717, 1.165) is 25.6 Å². The van der Waals surface area contributed by atoms with Gasteiger partial charge in [0.15, 0.2) is 0 Å². The first-order valence-corrected chi connectivity index (χ1v) is 8.34. The van der Waals surface area contributed by atoms with Crippen LogP contribution < -0.4 is 5.73 Å². The minimum Gasteiger partial charge on any atom is -0.384 e. The maximum absolute atomic E-state index is 5.75. The molecule has 1 aliphatic rings. The fraction of sp³-hybridized carbons (Fsp3) is 0.421. The van der Waals surface area contributed by atoms with Gasteiger partial charge in [-0.2, -0.15) is 0 Å². The number of nitrogen functional groups attached to an aromatic ring is 1. The number of pyridine rings is 1. The topological polar surface area (TPSA) is 45.4 Å². The number of anilines is 1. The molecule has 1 aromatic heterocycles. The summed E-state index contributed by atoms with van der Waals surface area (Å²) < 4.78 is 0. The molecule has 2 N–H and O–H groups in total. The number of likely N-dealkylation sites (tertiary alicyclic amines) is 1. The molecule has 0 aliphatic carbocycles. The Kier molecular flexibility index (Phi) is 5.26. The van der Waals surface area contributed by atoms with Crippen LogP contribution in [0.4, 0.5) is 5.82 Å². The van der Waals surface area contributed by atoms with E-state index >= 15 is 0 Å². The lowest BCUT2D eigenvalue weighted by atomic mass is 10.1. The summed E-state index contributed by atoms with van der Waals surface area (Å²) in [5, 5.41) is 0. The van der Waals surface area contributed by atoms with Gasteiger partial charge in [-0.3, -0.25) is 4.90 Å². The lowest BCUT2D eigenvalue weighted by Gasteiger charge is -2.22. The number of aromatic nitrogens is 1. The van der Waals surface area contributed by atoms with E-state index in [1.165, 1.54) is 30.6 Å². The van der Waals surface area contributed by atoms with E-state index < -0.39 is 0 Å². The molecule has 0 amide bonds. The zero-order valence-electron chi connectivity index (χ0n) is 13.9. The predicted octanol–water partition coefficient (Wildman–Crippen LogP) is 2.62. The zero-order valence-corrected chi connectivity index (χ0v) is 13.9. The highest BCUT2D eigenvalue weighted by atomic mass is 15.2. The van der Waals surface area contributed by atoms with Crippen LogP contribution in [0.15, 0.2) is 48.7 Å². The molecule has 1 atom stereocenters. The van der Waals surface area contributed by atoms with Gasteiger partial charge in [-0.25, -0.2) is 4.98 Å². The average molecular weight is 310 g/mol. The van der Waals surface area contributed by atoms with Crippen molar-refractivity contribution in [2.24, 2.45) is 5.92 Å². The van der Waals surface area contributed by atoms with Crippen LogP contribution in [0.3, 0.4) is 0 Å². The molecule has 4 nitrogen and oxygen atoms in total. The van der Waals surface area contributed by atoms with Gasteiger partial charge in [-0.15, -0.1) is 0 Å². The Labute approximate surface area is 138 Å². The molecular weight excluding hydrogens is 284 g/mol. The highest BCUT2D eigenvalue weighted by Crippen LogP contribution is 2.20. The first-order valence-electron chi connectivity index (χ1n) is 8.34. The maximum atomic E-state index is 5.75. The van der Waals surface area contributed by atoms with Gasteiger partial charge in [0.05, 0.1) is 0 Å². The number of hydrogen-bond acceptors (Lipinski definition) is 4. The van der Waals surface area contributed by atoms with E-state index in [4.69, 9.17) is 5.73 Å². The molecule has 3 rings (SSSR count). The summed E-state index contributed by atoms with van der Waals surface area (Å²) in [5.41, 5.74) is 8.40. The maximum Gasteiger partial charge on any atom is 0.123 e. The number of rotatable bonds is 6. The minimum absolute atomic E-state index is 0.603. The zero-order chi connectivity index (χ0) is 16.1. The van der Waals surface area contributed by atoms with Gasteiger partial charge in [0.2, 0.25) is 0 Å². The van der Waals surface area contributed by atoms with Crippen LogP contribution in [0.25, 0.3) is 0 Å². The molecule has 0 bridgehead atoms. The van der Waals surface area contributed by atoms with Gasteiger partial charge in [-0.1, -0.05) is 30.3 Å². The molecule has 1 unspecified atom stereocenters. The Morgan fingerprint density at radius 3 is 2.83 bits per heavy atom. The van der Waals surface area contributed by atoms with Crippen molar-refractivity contribution < 1.29 is 0 Å². The molecule has 122 valence electrons. The van der Waals surface area contributed by atoms with Crippen LogP contribution in [0.1, 0.15) is 17.5 Å². The summed E-state index contributed by atoms with van der Waals surface area (Å²) >= 11 is 0. The SMILES string of the molecule is CN(Cc1ccnc(N)c1)CC1CCN(Cc2ccccc2)C1. The Morgan fingerprint density at radius 2 is 2.04 bits per heavy atom. The largest absolute Gasteiger partial charge is 0.384 e. The van der Waals surface area contributed by atoms with Crippen molar-refractivity contribution in [3.8, 4) is 0 Å². The molecule has 0 spiro atoms. The predicted molar refractivity (Wildman–Crippen MR) is 94.8 cm³/mol. The van der Waals surface area contributed by atoms with Gasteiger partial charge in [0.25, 0.3) is 0 Å². The molecule has 1 aromatic carbocycles. The Bertz CT molecular complexity index is 614. The van der Waals surface area contributed by atoms with Crippen molar-refractivity contribution in [3.05, 3.63) is 59.8 Å². The summed E-state index contributed by atoms with van der Waals surface area (Å²) in [5.74, 6) is 1.36. The second kappa shape index (κ2) is 7.57. The molecule has 0 radical (unpaired) electrons. The molecule has 4 heteroatoms. The van der Waals surface area contributed by atoms with Crippen LogP contribution in [-0.4, -0.2) is 41.5 Å². The highest BCUT2D eigenvalue weighted by Gasteiger charge is 2.23. The van der Waals surface area contributed by atoms with E-state index in [0.29, 0.717) is 5.82 Å². The molecule has 0 saturated carbocycles. The quantitative estimate of drug-likeness (QED) is 0.891. The third kappa shape index (κ3) is 4.78. The lowest BCUT2D eigenvalue weighted by molar-refractivity contribution is 0.255. The Balaban J connectivity index is 1.46. The van der Waals surface area contributed by atoms with Gasteiger partial charge in [-0.05, 0) is 49.2 Å². The second-order valence-electron chi connectivity index (χ2n) is 6.66. The standard InChI is InChI=1S/C19H26N4/c1-22(12-17-7-9-21-19(20)11-17)13-18-8-10-23(15-18)14-16-5-3-2-4-6-16/h2-7,9,11,18H,8,10,12-15H2,1H3,(H2,20,21). The van der Waals surface area contributed by atoms with Crippen molar-refractivity contribution in [1.29, 1.82) is 0 Å². The van der Waals surface area contributed by atoms with Crippen molar-refractivity contribution in [2.75, 3.05) is 32.4 Å². The third-order valence-corrected chi connectivity index (χ3v) is 4.49. The minimum atomic E-state index is 0.603. The van der Waals surface area contributed by atoms with Crippen molar-refractivity contribution in [2.45, 2.75) is 19.5 Å². The highest BCUT2D eigenvalue weighted by molar-refractivity contribution is 5.31. The molecule has 2 heterocycles. The summed E-state index contributed by atoms with van der Waals surface area (Å²) in [4.78, 5) is 9.01. The summed E-state index contributed by atoms with van der Waals surface area (Å²) in [6.07, 6.45) is 3.07. The van der Waals surface area contributed by atoms with E-state index in [9.17, 15) is 0 Å². The number of nitrogens with two attached hydrogens (primary N) is 1. The lowest BCUT2D eigenvalue weighted by Crippen LogP contribution is -2.28. The molecule has 23 heavy (non-hydrogen) atoms. The Hall–Kier alpha value is -1.91. The van der Waals surface area contributed by atoms with E-state index in [1.54, 1.807) is 6.20 Å². The van der Waals surface area contributed by atoms with Crippen molar-refractivity contribution in [1.82, 2.24) is 14.8 Å². The van der Waals surface area contributed by atoms with Crippen LogP contribution in [-0.2, 0) is 13.1 Å². The van der Waals surface area contributed by atoms with Gasteiger partial charge >= 0.3 is 0 Å². The number of nitrogens with zero attached hydrogens (tertiary/aromatic N) is 3. The number of benzene rings is 1. The fourth-order valence-corrected chi connectivity index (χ4v) is 3.46. The molecule has 1 aliphatic heterocycles. The third-order valence-electron chi connectivity index (χ3n) is 4.49. The first-order chi connectivity index (χ1) is 11.2. The normalized spacial score (nSPS) is 18.6. The average Bonchev–Trinajstić information content (AvgIpc) is 2.95. The van der Waals surface area contributed by atoms with E-state index in [-0.39, 0.29) is 0 Å². The van der Waals surface area contributed by atoms with Crippen LogP contribution in [0, 0.1) is 5.92 Å². The molecular formula is C19H26N4.